The van der Waals surface area contributed by atoms with Crippen molar-refractivity contribution in [1.82, 2.24) is 9.97 Å². The van der Waals surface area contributed by atoms with Gasteiger partial charge in [-0.1, -0.05) is 128 Å². The highest BCUT2D eigenvalue weighted by Gasteiger charge is 2.31. The van der Waals surface area contributed by atoms with E-state index in [9.17, 15) is 0 Å². The SMILES string of the molecule is CCCCCCCCCC1(CCc2ccc(-c3ncc(OCCCCCCCC)cn3)c(C)c2)CCCCC1. The summed E-state index contributed by atoms with van der Waals surface area (Å²) in [7, 11) is 0. The number of nitrogens with zero attached hydrogens (tertiary/aromatic N) is 2. The molecule has 0 unspecified atom stereocenters. The Hall–Kier alpha value is -1.90. The van der Waals surface area contributed by atoms with Crippen LogP contribution in [0.25, 0.3) is 11.4 Å². The molecule has 2 aromatic rings. The van der Waals surface area contributed by atoms with Crippen LogP contribution in [0.3, 0.4) is 0 Å². The molecule has 0 saturated heterocycles. The van der Waals surface area contributed by atoms with E-state index < -0.39 is 0 Å². The first-order chi connectivity index (χ1) is 19.2. The highest BCUT2D eigenvalue weighted by Crippen LogP contribution is 2.44. The fourth-order valence-electron chi connectivity index (χ4n) is 6.53. The maximum absolute atomic E-state index is 5.88. The Morgan fingerprint density at radius 1 is 0.718 bits per heavy atom. The van der Waals surface area contributed by atoms with Crippen molar-refractivity contribution in [3.63, 3.8) is 0 Å². The molecule has 39 heavy (non-hydrogen) atoms. The van der Waals surface area contributed by atoms with E-state index >= 15 is 0 Å². The van der Waals surface area contributed by atoms with Gasteiger partial charge in [0.2, 0.25) is 0 Å². The molecular formula is C36H58N2O. The normalized spacial score (nSPS) is 14.9. The van der Waals surface area contributed by atoms with Gasteiger partial charge in [0.15, 0.2) is 11.6 Å². The van der Waals surface area contributed by atoms with Gasteiger partial charge in [0.1, 0.15) is 0 Å². The molecule has 0 N–H and O–H groups in total. The molecule has 0 spiro atoms. The minimum Gasteiger partial charge on any atom is -0.490 e. The van der Waals surface area contributed by atoms with Crippen LogP contribution in [0.2, 0.25) is 0 Å². The number of rotatable bonds is 20. The highest BCUT2D eigenvalue weighted by molar-refractivity contribution is 5.60. The second-order valence-electron chi connectivity index (χ2n) is 12.4. The summed E-state index contributed by atoms with van der Waals surface area (Å²) in [5.74, 6) is 1.58. The van der Waals surface area contributed by atoms with Crippen molar-refractivity contribution < 1.29 is 4.74 Å². The van der Waals surface area contributed by atoms with Gasteiger partial charge in [-0.15, -0.1) is 0 Å². The molecular weight excluding hydrogens is 476 g/mol. The van der Waals surface area contributed by atoms with E-state index in [0.29, 0.717) is 5.41 Å². The lowest BCUT2D eigenvalue weighted by Gasteiger charge is -2.38. The van der Waals surface area contributed by atoms with Crippen LogP contribution >= 0.6 is 0 Å². The Bertz CT molecular complexity index is 901. The van der Waals surface area contributed by atoms with Crippen molar-refractivity contribution in [1.29, 1.82) is 0 Å². The van der Waals surface area contributed by atoms with Gasteiger partial charge in [-0.3, -0.25) is 0 Å². The van der Waals surface area contributed by atoms with E-state index in [1.807, 2.05) is 12.4 Å². The van der Waals surface area contributed by atoms with E-state index in [1.165, 1.54) is 140 Å². The van der Waals surface area contributed by atoms with Crippen LogP contribution < -0.4 is 4.74 Å². The maximum Gasteiger partial charge on any atom is 0.159 e. The molecule has 1 heterocycles. The van der Waals surface area contributed by atoms with Crippen LogP contribution in [0.4, 0.5) is 0 Å². The molecule has 1 aromatic heterocycles. The number of unbranched alkanes of at least 4 members (excludes halogenated alkanes) is 11. The molecule has 0 bridgehead atoms. The molecule has 1 aliphatic carbocycles. The van der Waals surface area contributed by atoms with Crippen molar-refractivity contribution in [2.75, 3.05) is 6.61 Å². The average molecular weight is 535 g/mol. The number of hydrogen-bond donors (Lipinski definition) is 0. The van der Waals surface area contributed by atoms with Crippen LogP contribution in [0, 0.1) is 12.3 Å². The van der Waals surface area contributed by atoms with Crippen molar-refractivity contribution in [2.45, 2.75) is 156 Å². The Balaban J connectivity index is 1.46. The van der Waals surface area contributed by atoms with E-state index in [1.54, 1.807) is 0 Å². The van der Waals surface area contributed by atoms with E-state index in [2.05, 4.69) is 48.9 Å². The average Bonchev–Trinajstić information content (AvgIpc) is 2.96. The molecule has 0 amide bonds. The number of aryl methyl sites for hydroxylation is 2. The zero-order chi connectivity index (χ0) is 27.6. The topological polar surface area (TPSA) is 35.0 Å². The Labute approximate surface area is 241 Å². The molecule has 1 aliphatic rings. The Kier molecular flexibility index (Phi) is 15.0. The van der Waals surface area contributed by atoms with Gasteiger partial charge in [-0.25, -0.2) is 9.97 Å². The zero-order valence-corrected chi connectivity index (χ0v) is 25.7. The second-order valence-corrected chi connectivity index (χ2v) is 12.4. The van der Waals surface area contributed by atoms with Gasteiger partial charge in [0, 0.05) is 5.56 Å². The summed E-state index contributed by atoms with van der Waals surface area (Å²) >= 11 is 0. The maximum atomic E-state index is 5.88. The Morgan fingerprint density at radius 2 is 1.33 bits per heavy atom. The summed E-state index contributed by atoms with van der Waals surface area (Å²) in [5, 5.41) is 0. The first-order valence-electron chi connectivity index (χ1n) is 16.7. The molecule has 3 heteroatoms. The third-order valence-corrected chi connectivity index (χ3v) is 9.10. The highest BCUT2D eigenvalue weighted by atomic mass is 16.5. The number of hydrogen-bond acceptors (Lipinski definition) is 3. The van der Waals surface area contributed by atoms with Gasteiger partial charge in [0.05, 0.1) is 19.0 Å². The van der Waals surface area contributed by atoms with Crippen LogP contribution in [0.15, 0.2) is 30.6 Å². The summed E-state index contributed by atoms with van der Waals surface area (Å²) < 4.78 is 5.88. The molecule has 3 nitrogen and oxygen atoms in total. The van der Waals surface area contributed by atoms with E-state index in [-0.39, 0.29) is 0 Å². The first kappa shape index (κ1) is 31.6. The van der Waals surface area contributed by atoms with E-state index in [4.69, 9.17) is 4.74 Å². The molecule has 0 radical (unpaired) electrons. The van der Waals surface area contributed by atoms with E-state index in [0.717, 1.165) is 30.2 Å². The third kappa shape index (κ3) is 11.6. The van der Waals surface area contributed by atoms with Crippen LogP contribution in [-0.4, -0.2) is 16.6 Å². The summed E-state index contributed by atoms with van der Waals surface area (Å²) in [6, 6.07) is 6.94. The molecule has 1 saturated carbocycles. The van der Waals surface area contributed by atoms with Crippen molar-refractivity contribution in [2.24, 2.45) is 5.41 Å². The minimum absolute atomic E-state index is 0.586. The molecule has 1 aromatic carbocycles. The fourth-order valence-corrected chi connectivity index (χ4v) is 6.53. The summed E-state index contributed by atoms with van der Waals surface area (Å²) in [4.78, 5) is 9.28. The lowest BCUT2D eigenvalue weighted by atomic mass is 9.68. The smallest absolute Gasteiger partial charge is 0.159 e. The standard InChI is InChI=1S/C36H58N2O/c1-4-6-8-10-12-13-16-23-36(24-17-15-18-25-36)26-22-32-20-21-34(31(3)28-32)35-37-29-33(30-38-35)39-27-19-14-11-9-7-5-2/h20-21,28-30H,4-19,22-27H2,1-3H3. The van der Waals surface area contributed by atoms with Crippen molar-refractivity contribution >= 4 is 0 Å². The van der Waals surface area contributed by atoms with Crippen LogP contribution in [0.1, 0.15) is 153 Å². The van der Waals surface area contributed by atoms with Gasteiger partial charge < -0.3 is 4.74 Å². The minimum atomic E-state index is 0.586. The third-order valence-electron chi connectivity index (χ3n) is 9.10. The van der Waals surface area contributed by atoms with Gasteiger partial charge in [-0.2, -0.15) is 0 Å². The van der Waals surface area contributed by atoms with Gasteiger partial charge >= 0.3 is 0 Å². The first-order valence-corrected chi connectivity index (χ1v) is 16.7. The van der Waals surface area contributed by atoms with Gasteiger partial charge in [-0.05, 0) is 62.0 Å². The summed E-state index contributed by atoms with van der Waals surface area (Å²) in [6.07, 6.45) is 32.4. The number of aromatic nitrogens is 2. The predicted octanol–water partition coefficient (Wildman–Crippen LogP) is 11.2. The lowest BCUT2D eigenvalue weighted by Crippen LogP contribution is -2.25. The molecule has 218 valence electrons. The molecule has 3 rings (SSSR count). The second kappa shape index (κ2) is 18.4. The zero-order valence-electron chi connectivity index (χ0n) is 25.7. The number of ether oxygens (including phenoxy) is 1. The quantitative estimate of drug-likeness (QED) is 0.158. The van der Waals surface area contributed by atoms with Crippen LogP contribution in [-0.2, 0) is 6.42 Å². The van der Waals surface area contributed by atoms with Crippen molar-refractivity contribution in [3.05, 3.63) is 41.7 Å². The molecule has 1 fully saturated rings. The Morgan fingerprint density at radius 3 is 1.97 bits per heavy atom. The fraction of sp³-hybridized carbons (Fsp3) is 0.722. The summed E-state index contributed by atoms with van der Waals surface area (Å²) in [5.41, 5.74) is 4.47. The molecule has 0 aliphatic heterocycles. The molecule has 0 atom stereocenters. The number of benzene rings is 1. The summed E-state index contributed by atoms with van der Waals surface area (Å²) in [6.45, 7) is 7.53. The van der Waals surface area contributed by atoms with Crippen LogP contribution in [0.5, 0.6) is 5.75 Å². The predicted molar refractivity (Wildman–Crippen MR) is 168 cm³/mol. The monoisotopic (exact) mass is 534 g/mol. The lowest BCUT2D eigenvalue weighted by molar-refractivity contribution is 0.152. The van der Waals surface area contributed by atoms with Crippen molar-refractivity contribution in [3.8, 4) is 17.1 Å². The van der Waals surface area contributed by atoms with Gasteiger partial charge in [0.25, 0.3) is 0 Å². The largest absolute Gasteiger partial charge is 0.490 e.